The van der Waals surface area contributed by atoms with Crippen LogP contribution in [-0.2, 0) is 4.74 Å². The van der Waals surface area contributed by atoms with Crippen LogP contribution in [0, 0.1) is 5.92 Å². The monoisotopic (exact) mass is 252 g/mol. The summed E-state index contributed by atoms with van der Waals surface area (Å²) in [5.74, 6) is 1.09. The lowest BCUT2D eigenvalue weighted by Crippen LogP contribution is -2.41. The summed E-state index contributed by atoms with van der Waals surface area (Å²) in [7, 11) is 0. The second-order valence-corrected chi connectivity index (χ2v) is 4.73. The van der Waals surface area contributed by atoms with Crippen LogP contribution < -0.4 is 4.74 Å². The zero-order chi connectivity index (χ0) is 13.4. The maximum Gasteiger partial charge on any atom is 0.129 e. The Morgan fingerprint density at radius 2 is 1.83 bits per heavy atom. The largest absolute Gasteiger partial charge is 0.487 e. The highest BCUT2D eigenvalue weighted by Crippen LogP contribution is 2.19. The Bertz CT molecular complexity index is 311. The lowest BCUT2D eigenvalue weighted by atomic mass is 10.0. The summed E-state index contributed by atoms with van der Waals surface area (Å²) in [6, 6.07) is 9.67. The summed E-state index contributed by atoms with van der Waals surface area (Å²) >= 11 is 0. The molecule has 2 atom stereocenters. The van der Waals surface area contributed by atoms with Gasteiger partial charge in [-0.2, -0.15) is 0 Å². The van der Waals surface area contributed by atoms with Gasteiger partial charge in [0, 0.05) is 6.61 Å². The Morgan fingerprint density at radius 1 is 1.17 bits per heavy atom. The van der Waals surface area contributed by atoms with Gasteiger partial charge in [0.25, 0.3) is 0 Å². The summed E-state index contributed by atoms with van der Waals surface area (Å²) in [6.45, 7) is 6.83. The maximum absolute atomic E-state index is 9.44. The third kappa shape index (κ3) is 4.67. The fourth-order valence-electron chi connectivity index (χ4n) is 1.82. The van der Waals surface area contributed by atoms with Crippen molar-refractivity contribution >= 4 is 0 Å². The van der Waals surface area contributed by atoms with Crippen LogP contribution in [0.5, 0.6) is 5.75 Å². The second-order valence-electron chi connectivity index (χ2n) is 4.73. The third-order valence-corrected chi connectivity index (χ3v) is 2.75. The molecule has 0 spiro atoms. The predicted molar refractivity (Wildman–Crippen MR) is 72.8 cm³/mol. The van der Waals surface area contributed by atoms with Crippen molar-refractivity contribution in [2.45, 2.75) is 39.4 Å². The highest BCUT2D eigenvalue weighted by atomic mass is 16.5. The summed E-state index contributed by atoms with van der Waals surface area (Å²) < 4.78 is 11.6. The topological polar surface area (TPSA) is 38.7 Å². The Hall–Kier alpha value is -1.06. The minimum atomic E-state index is -0.273. The molecule has 1 aromatic rings. The molecule has 0 amide bonds. The van der Waals surface area contributed by atoms with E-state index in [9.17, 15) is 5.11 Å². The maximum atomic E-state index is 9.44. The quantitative estimate of drug-likeness (QED) is 0.773. The van der Waals surface area contributed by atoms with Crippen LogP contribution in [0.1, 0.15) is 27.2 Å². The van der Waals surface area contributed by atoms with Gasteiger partial charge in [-0.05, 0) is 24.5 Å². The van der Waals surface area contributed by atoms with E-state index in [1.54, 1.807) is 0 Å². The van der Waals surface area contributed by atoms with E-state index in [4.69, 9.17) is 9.47 Å². The number of rotatable bonds is 8. The summed E-state index contributed by atoms with van der Waals surface area (Å²) in [5.41, 5.74) is 0. The molecule has 0 fully saturated rings. The highest BCUT2D eigenvalue weighted by Gasteiger charge is 2.26. The van der Waals surface area contributed by atoms with Crippen LogP contribution in [0.3, 0.4) is 0 Å². The smallest absolute Gasteiger partial charge is 0.129 e. The fraction of sp³-hybridized carbons (Fsp3) is 0.600. The molecule has 0 unspecified atom stereocenters. The van der Waals surface area contributed by atoms with Crippen molar-refractivity contribution in [2.75, 3.05) is 13.2 Å². The second kappa shape index (κ2) is 8.11. The Kier molecular flexibility index (Phi) is 6.76. The molecule has 18 heavy (non-hydrogen) atoms. The fourth-order valence-corrected chi connectivity index (χ4v) is 1.82. The van der Waals surface area contributed by atoms with Gasteiger partial charge in [0.2, 0.25) is 0 Å². The van der Waals surface area contributed by atoms with Crippen LogP contribution >= 0.6 is 0 Å². The van der Waals surface area contributed by atoms with E-state index < -0.39 is 0 Å². The van der Waals surface area contributed by atoms with E-state index in [-0.39, 0.29) is 24.7 Å². The van der Waals surface area contributed by atoms with Gasteiger partial charge in [-0.25, -0.2) is 0 Å². The van der Waals surface area contributed by atoms with Gasteiger partial charge in [-0.1, -0.05) is 39.0 Å². The zero-order valence-corrected chi connectivity index (χ0v) is 11.5. The van der Waals surface area contributed by atoms with Gasteiger partial charge in [-0.15, -0.1) is 0 Å². The zero-order valence-electron chi connectivity index (χ0n) is 11.5. The number of aliphatic hydroxyl groups is 1. The number of hydrogen-bond acceptors (Lipinski definition) is 3. The molecule has 102 valence electrons. The molecule has 3 heteroatoms. The first-order valence-corrected chi connectivity index (χ1v) is 6.63. The molecule has 0 saturated heterocycles. The van der Waals surface area contributed by atoms with Gasteiger partial charge < -0.3 is 14.6 Å². The summed E-state index contributed by atoms with van der Waals surface area (Å²) in [6.07, 6.45) is 0.529. The molecule has 1 N–H and O–H groups in total. The first-order chi connectivity index (χ1) is 8.69. The molecule has 0 aromatic heterocycles. The minimum Gasteiger partial charge on any atom is -0.487 e. The first-order valence-electron chi connectivity index (χ1n) is 6.63. The lowest BCUT2D eigenvalue weighted by molar-refractivity contribution is -0.0680. The molecular formula is C15H24O3. The van der Waals surface area contributed by atoms with Crippen molar-refractivity contribution in [1.29, 1.82) is 0 Å². The van der Waals surface area contributed by atoms with Crippen molar-refractivity contribution in [3.8, 4) is 5.75 Å². The summed E-state index contributed by atoms with van der Waals surface area (Å²) in [4.78, 5) is 0. The number of aliphatic hydroxyl groups excluding tert-OH is 1. The van der Waals surface area contributed by atoms with E-state index in [1.165, 1.54) is 0 Å². The van der Waals surface area contributed by atoms with Crippen molar-refractivity contribution in [3.63, 3.8) is 0 Å². The molecule has 0 saturated carbocycles. The van der Waals surface area contributed by atoms with Gasteiger partial charge in [0.05, 0.1) is 6.61 Å². The number of benzene rings is 1. The normalized spacial score (nSPS) is 14.5. The minimum absolute atomic E-state index is 0.0182. The predicted octanol–water partition coefficient (Wildman–Crippen LogP) is 2.88. The number of hydrogen-bond donors (Lipinski definition) is 1. The average molecular weight is 252 g/mol. The molecule has 0 heterocycles. The van der Waals surface area contributed by atoms with E-state index in [0.29, 0.717) is 6.61 Å². The van der Waals surface area contributed by atoms with Crippen LogP contribution in [-0.4, -0.2) is 30.5 Å². The molecule has 0 aliphatic heterocycles. The molecular weight excluding hydrogens is 228 g/mol. The Labute approximate surface area is 110 Å². The summed E-state index contributed by atoms with van der Waals surface area (Å²) in [5, 5.41) is 9.44. The van der Waals surface area contributed by atoms with E-state index >= 15 is 0 Å². The van der Waals surface area contributed by atoms with E-state index in [1.807, 2.05) is 30.3 Å². The highest BCUT2D eigenvalue weighted by molar-refractivity contribution is 5.21. The lowest BCUT2D eigenvalue weighted by Gasteiger charge is -2.29. The Balaban J connectivity index is 2.68. The number of para-hydroxylation sites is 1. The van der Waals surface area contributed by atoms with Gasteiger partial charge >= 0.3 is 0 Å². The van der Waals surface area contributed by atoms with Gasteiger partial charge in [0.1, 0.15) is 18.0 Å². The van der Waals surface area contributed by atoms with Crippen LogP contribution in [0.15, 0.2) is 30.3 Å². The molecule has 3 nitrogen and oxygen atoms in total. The van der Waals surface area contributed by atoms with Gasteiger partial charge in [0.15, 0.2) is 0 Å². The van der Waals surface area contributed by atoms with Crippen LogP contribution in [0.4, 0.5) is 0 Å². The molecule has 0 bridgehead atoms. The van der Waals surface area contributed by atoms with Crippen LogP contribution in [0.2, 0.25) is 0 Å². The number of ether oxygens (including phenoxy) is 2. The third-order valence-electron chi connectivity index (χ3n) is 2.75. The molecule has 0 radical (unpaired) electrons. The van der Waals surface area contributed by atoms with Crippen molar-refractivity contribution in [1.82, 2.24) is 0 Å². The van der Waals surface area contributed by atoms with Crippen molar-refractivity contribution in [3.05, 3.63) is 30.3 Å². The molecule has 1 aromatic carbocycles. The van der Waals surface area contributed by atoms with E-state index in [2.05, 4.69) is 20.8 Å². The molecule has 0 aliphatic rings. The molecule has 1 rings (SSSR count). The first kappa shape index (κ1) is 15.0. The standard InChI is InChI=1S/C15H24O3/c1-4-10-17-14(11-16)15(12(2)3)18-13-8-6-5-7-9-13/h5-9,12,14-16H,4,10-11H2,1-3H3/t14-,15-/m0/s1. The van der Waals surface area contributed by atoms with Crippen molar-refractivity contribution < 1.29 is 14.6 Å². The van der Waals surface area contributed by atoms with Crippen molar-refractivity contribution in [2.24, 2.45) is 5.92 Å². The Morgan fingerprint density at radius 3 is 2.33 bits per heavy atom. The van der Waals surface area contributed by atoms with Crippen LogP contribution in [0.25, 0.3) is 0 Å². The average Bonchev–Trinajstić information content (AvgIpc) is 2.39. The van der Waals surface area contributed by atoms with E-state index in [0.717, 1.165) is 12.2 Å². The SMILES string of the molecule is CCCO[C@@H](CO)[C@@H](Oc1ccccc1)C(C)C. The molecule has 0 aliphatic carbocycles. The van der Waals surface area contributed by atoms with Gasteiger partial charge in [-0.3, -0.25) is 0 Å².